The summed E-state index contributed by atoms with van der Waals surface area (Å²) in [5, 5.41) is 9.65. The molecule has 1 unspecified atom stereocenters. The predicted molar refractivity (Wildman–Crippen MR) is 92.1 cm³/mol. The van der Waals surface area contributed by atoms with Crippen molar-refractivity contribution in [3.8, 4) is 17.6 Å². The summed E-state index contributed by atoms with van der Waals surface area (Å²) in [5.41, 5.74) is 0.547. The summed E-state index contributed by atoms with van der Waals surface area (Å²) in [6.45, 7) is 5.29. The molecule has 0 aromatic heterocycles. The lowest BCUT2D eigenvalue weighted by atomic mass is 9.97. The summed E-state index contributed by atoms with van der Waals surface area (Å²) >= 11 is 17.9. The second-order valence-electron chi connectivity index (χ2n) is 5.57. The first-order valence-electron chi connectivity index (χ1n) is 6.66. The summed E-state index contributed by atoms with van der Waals surface area (Å²) in [6, 6.07) is 2.09. The van der Waals surface area contributed by atoms with Crippen LogP contribution in [0.2, 0.25) is 10.0 Å². The molecule has 2 rings (SSSR count). The van der Waals surface area contributed by atoms with Crippen LogP contribution in [-0.4, -0.2) is 18.9 Å². The Morgan fingerprint density at radius 1 is 1.41 bits per heavy atom. The molecule has 0 saturated heterocycles. The highest BCUT2D eigenvalue weighted by molar-refractivity contribution is 8.09. The van der Waals surface area contributed by atoms with Crippen LogP contribution in [0.15, 0.2) is 0 Å². The maximum atomic E-state index is 9.36. The van der Waals surface area contributed by atoms with Crippen molar-refractivity contribution in [1.29, 1.82) is 5.26 Å². The number of hydrogen-bond donors (Lipinski definition) is 0. The third kappa shape index (κ3) is 3.37. The predicted octanol–water partition coefficient (Wildman–Crippen LogP) is 4.93. The van der Waals surface area contributed by atoms with E-state index in [4.69, 9.17) is 48.8 Å². The maximum absolute atomic E-state index is 9.36. The summed E-state index contributed by atoms with van der Waals surface area (Å²) in [7, 11) is 0. The molecule has 22 heavy (non-hydrogen) atoms. The smallest absolute Gasteiger partial charge is 0.235 e. The molecule has 1 aromatic carbocycles. The molecule has 0 fully saturated rings. The summed E-state index contributed by atoms with van der Waals surface area (Å²) < 4.78 is 17.2. The monoisotopic (exact) mass is 379 g/mol. The topological polar surface area (TPSA) is 51.5 Å². The van der Waals surface area contributed by atoms with Gasteiger partial charge in [0.05, 0.1) is 17.2 Å². The van der Waals surface area contributed by atoms with Crippen molar-refractivity contribution in [3.05, 3.63) is 21.2 Å². The van der Waals surface area contributed by atoms with Crippen LogP contribution >= 0.6 is 29.7 Å². The molecule has 4 nitrogen and oxygen atoms in total. The lowest BCUT2D eigenvalue weighted by Crippen LogP contribution is -2.24. The molecule has 0 radical (unpaired) electrons. The molecule has 1 aliphatic rings. The minimum Gasteiger partial charge on any atom is -0.483 e. The van der Waals surface area contributed by atoms with Gasteiger partial charge in [-0.1, -0.05) is 23.2 Å². The molecule has 0 spiro atoms. The first-order valence-corrected chi connectivity index (χ1v) is 10.5. The van der Waals surface area contributed by atoms with Crippen LogP contribution in [0.5, 0.6) is 11.5 Å². The van der Waals surface area contributed by atoms with Gasteiger partial charge in [-0.15, -0.1) is 0 Å². The molecule has 1 aliphatic heterocycles. The average molecular weight is 380 g/mol. The summed E-state index contributed by atoms with van der Waals surface area (Å²) in [6.07, 6.45) is 0.541. The minimum absolute atomic E-state index is 0.130. The van der Waals surface area contributed by atoms with Crippen molar-refractivity contribution in [2.75, 3.05) is 13.3 Å². The van der Waals surface area contributed by atoms with E-state index in [-0.39, 0.29) is 15.8 Å². The van der Waals surface area contributed by atoms with Crippen LogP contribution in [0.1, 0.15) is 31.9 Å². The molecule has 1 atom stereocenters. The van der Waals surface area contributed by atoms with Gasteiger partial charge in [-0.25, -0.2) is 0 Å². The van der Waals surface area contributed by atoms with E-state index in [1.807, 2.05) is 20.8 Å². The quantitative estimate of drug-likeness (QED) is 0.693. The number of ether oxygens (including phenoxy) is 1. The van der Waals surface area contributed by atoms with Crippen LogP contribution in [0.3, 0.4) is 0 Å². The molecule has 8 heteroatoms. The van der Waals surface area contributed by atoms with E-state index in [2.05, 4.69) is 6.07 Å². The van der Waals surface area contributed by atoms with Gasteiger partial charge in [-0.05, 0) is 32.6 Å². The molecule has 1 heterocycles. The van der Waals surface area contributed by atoms with Crippen LogP contribution < -0.4 is 9.26 Å². The fourth-order valence-corrected chi connectivity index (χ4v) is 4.41. The zero-order valence-electron chi connectivity index (χ0n) is 12.7. The SMILES string of the molecule is CCOP(C)(=S)Oc1c(Cl)c(Cl)c(C#N)c2c1OC(C)(C)C2. The van der Waals surface area contributed by atoms with Gasteiger partial charge in [0.2, 0.25) is 6.49 Å². The van der Waals surface area contributed by atoms with Crippen molar-refractivity contribution in [3.63, 3.8) is 0 Å². The fourth-order valence-electron chi connectivity index (χ4n) is 2.33. The number of halogens is 2. The van der Waals surface area contributed by atoms with Crippen molar-refractivity contribution in [2.24, 2.45) is 0 Å². The summed E-state index contributed by atoms with van der Waals surface area (Å²) in [4.78, 5) is 0. The fraction of sp³-hybridized carbons (Fsp3) is 0.500. The van der Waals surface area contributed by atoms with Crippen LogP contribution in [0.4, 0.5) is 0 Å². The van der Waals surface area contributed by atoms with E-state index in [0.717, 1.165) is 0 Å². The van der Waals surface area contributed by atoms with E-state index < -0.39 is 12.1 Å². The maximum Gasteiger partial charge on any atom is 0.235 e. The van der Waals surface area contributed by atoms with E-state index in [0.29, 0.717) is 29.9 Å². The van der Waals surface area contributed by atoms with Gasteiger partial charge in [0.1, 0.15) is 16.7 Å². The highest BCUT2D eigenvalue weighted by Gasteiger charge is 2.38. The minimum atomic E-state index is -2.53. The van der Waals surface area contributed by atoms with Gasteiger partial charge < -0.3 is 13.8 Å². The van der Waals surface area contributed by atoms with Crippen LogP contribution in [-0.2, 0) is 22.8 Å². The zero-order chi connectivity index (χ0) is 16.7. The number of nitrogens with zero attached hydrogens (tertiary/aromatic N) is 1. The van der Waals surface area contributed by atoms with E-state index in [1.54, 1.807) is 6.66 Å². The normalized spacial score (nSPS) is 18.0. The molecule has 0 aliphatic carbocycles. The number of benzene rings is 1. The molecule has 120 valence electrons. The molecular formula is C14H16Cl2NO3PS. The molecule has 0 saturated carbocycles. The average Bonchev–Trinajstić information content (AvgIpc) is 2.71. The largest absolute Gasteiger partial charge is 0.483 e. The Bertz CT molecular complexity index is 715. The molecule has 0 N–H and O–H groups in total. The Labute approximate surface area is 145 Å². The Kier molecular flexibility index (Phi) is 5.02. The Balaban J connectivity index is 2.62. The van der Waals surface area contributed by atoms with Crippen LogP contribution in [0, 0.1) is 11.3 Å². The molecular weight excluding hydrogens is 364 g/mol. The van der Waals surface area contributed by atoms with E-state index in [1.165, 1.54) is 0 Å². The Morgan fingerprint density at radius 3 is 2.59 bits per heavy atom. The lowest BCUT2D eigenvalue weighted by molar-refractivity contribution is 0.135. The van der Waals surface area contributed by atoms with E-state index in [9.17, 15) is 5.26 Å². The van der Waals surface area contributed by atoms with Gasteiger partial charge in [0.15, 0.2) is 11.5 Å². The lowest BCUT2D eigenvalue weighted by Gasteiger charge is -2.22. The van der Waals surface area contributed by atoms with Crippen molar-refractivity contribution >= 4 is 41.5 Å². The van der Waals surface area contributed by atoms with Crippen LogP contribution in [0.25, 0.3) is 0 Å². The van der Waals surface area contributed by atoms with Gasteiger partial charge in [0.25, 0.3) is 0 Å². The third-order valence-electron chi connectivity index (χ3n) is 3.11. The van der Waals surface area contributed by atoms with Crippen molar-refractivity contribution < 1.29 is 13.8 Å². The summed E-state index contributed by atoms with van der Waals surface area (Å²) in [5.74, 6) is 0.706. The van der Waals surface area contributed by atoms with Gasteiger partial charge in [-0.3, -0.25) is 0 Å². The molecule has 1 aromatic rings. The standard InChI is InChI=1S/C14H16Cl2NO3PS/c1-5-18-21(4,22)20-13-11(16)10(15)9(7-17)8-6-14(2,3)19-12(8)13/h5-6H2,1-4H3. The van der Waals surface area contributed by atoms with Gasteiger partial charge in [0, 0.05) is 18.6 Å². The highest BCUT2D eigenvalue weighted by Crippen LogP contribution is 2.56. The third-order valence-corrected chi connectivity index (χ3v) is 5.72. The second-order valence-corrected chi connectivity index (χ2v) is 10.3. The highest BCUT2D eigenvalue weighted by atomic mass is 35.5. The number of hydrogen-bond acceptors (Lipinski definition) is 5. The zero-order valence-corrected chi connectivity index (χ0v) is 15.9. The first-order chi connectivity index (χ1) is 10.1. The number of rotatable bonds is 4. The van der Waals surface area contributed by atoms with Gasteiger partial charge >= 0.3 is 0 Å². The van der Waals surface area contributed by atoms with Crippen molar-refractivity contribution in [2.45, 2.75) is 32.8 Å². The second kappa shape index (κ2) is 6.19. The molecule has 0 bridgehead atoms. The first kappa shape index (κ1) is 17.8. The number of fused-ring (bicyclic) bond motifs is 1. The Morgan fingerprint density at radius 2 is 2.05 bits per heavy atom. The van der Waals surface area contributed by atoms with E-state index >= 15 is 0 Å². The number of nitriles is 1. The Hall–Kier alpha value is -0.500. The van der Waals surface area contributed by atoms with Crippen molar-refractivity contribution in [1.82, 2.24) is 0 Å². The van der Waals surface area contributed by atoms with Gasteiger partial charge in [-0.2, -0.15) is 5.26 Å². The molecule has 0 amide bonds.